The first-order valence-corrected chi connectivity index (χ1v) is 8.26. The number of aromatic carboxylic acids is 1. The van der Waals surface area contributed by atoms with Crippen LogP contribution in [0.2, 0.25) is 0 Å². The summed E-state index contributed by atoms with van der Waals surface area (Å²) in [6.45, 7) is 1.22. The van der Waals surface area contributed by atoms with Crippen LogP contribution in [0.15, 0.2) is 42.9 Å². The van der Waals surface area contributed by atoms with Crippen molar-refractivity contribution in [3.8, 4) is 0 Å². The number of aromatic amines is 1. The second-order valence-electron chi connectivity index (χ2n) is 6.31. The first-order valence-electron chi connectivity index (χ1n) is 8.26. The number of hydrogen-bond donors (Lipinski definition) is 2. The Labute approximate surface area is 143 Å². The molecule has 0 aliphatic carbocycles. The number of hydrogen-bond acceptors (Lipinski definition) is 3. The molecule has 1 aliphatic rings. The number of carbonyl (C=O) groups excluding carboxylic acids is 1. The number of para-hydroxylation sites is 1. The van der Waals surface area contributed by atoms with Crippen molar-refractivity contribution in [1.82, 2.24) is 19.7 Å². The summed E-state index contributed by atoms with van der Waals surface area (Å²) in [5.41, 5.74) is 1.68. The van der Waals surface area contributed by atoms with Crippen molar-refractivity contribution in [2.45, 2.75) is 18.9 Å². The van der Waals surface area contributed by atoms with Crippen molar-refractivity contribution in [3.63, 3.8) is 0 Å². The van der Waals surface area contributed by atoms with Crippen molar-refractivity contribution in [3.05, 3.63) is 54.0 Å². The van der Waals surface area contributed by atoms with E-state index in [1.165, 1.54) is 12.4 Å². The van der Waals surface area contributed by atoms with Gasteiger partial charge in [-0.3, -0.25) is 9.48 Å². The molecule has 0 saturated carbocycles. The zero-order valence-electron chi connectivity index (χ0n) is 13.6. The minimum atomic E-state index is -0.992. The SMILES string of the molecule is O=C(O)c1cnn(C2CCCN(C(=O)c3cccc4cc[nH]c34)C2)c1. The predicted molar refractivity (Wildman–Crippen MR) is 91.7 cm³/mol. The van der Waals surface area contributed by atoms with Crippen molar-refractivity contribution < 1.29 is 14.7 Å². The fraction of sp³-hybridized carbons (Fsp3) is 0.278. The van der Waals surface area contributed by atoms with Gasteiger partial charge in [0.05, 0.1) is 28.9 Å². The maximum atomic E-state index is 13.0. The second kappa shape index (κ2) is 6.08. The van der Waals surface area contributed by atoms with Crippen LogP contribution in [-0.4, -0.2) is 49.7 Å². The van der Waals surface area contributed by atoms with E-state index in [9.17, 15) is 9.59 Å². The molecule has 7 heteroatoms. The molecule has 25 heavy (non-hydrogen) atoms. The number of carbonyl (C=O) groups is 2. The minimum Gasteiger partial charge on any atom is -0.478 e. The number of piperidine rings is 1. The Kier molecular flexibility index (Phi) is 3.76. The summed E-state index contributed by atoms with van der Waals surface area (Å²) in [6, 6.07) is 7.63. The van der Waals surface area contributed by atoms with Crippen molar-refractivity contribution in [2.24, 2.45) is 0 Å². The number of nitrogens with zero attached hydrogens (tertiary/aromatic N) is 3. The Bertz CT molecular complexity index is 943. The molecule has 1 atom stereocenters. The van der Waals surface area contributed by atoms with E-state index >= 15 is 0 Å². The monoisotopic (exact) mass is 338 g/mol. The van der Waals surface area contributed by atoms with Gasteiger partial charge in [0.2, 0.25) is 0 Å². The Balaban J connectivity index is 1.57. The highest BCUT2D eigenvalue weighted by atomic mass is 16.4. The molecular weight excluding hydrogens is 320 g/mol. The van der Waals surface area contributed by atoms with Crippen LogP contribution in [0.1, 0.15) is 39.6 Å². The zero-order valence-corrected chi connectivity index (χ0v) is 13.6. The maximum absolute atomic E-state index is 13.0. The van der Waals surface area contributed by atoms with Crippen molar-refractivity contribution in [2.75, 3.05) is 13.1 Å². The molecule has 1 unspecified atom stereocenters. The number of nitrogens with one attached hydrogen (secondary N) is 1. The largest absolute Gasteiger partial charge is 0.478 e. The number of likely N-dealkylation sites (tertiary alicyclic amines) is 1. The maximum Gasteiger partial charge on any atom is 0.338 e. The van der Waals surface area contributed by atoms with Crippen LogP contribution in [0, 0.1) is 0 Å². The number of benzene rings is 1. The van der Waals surface area contributed by atoms with Crippen LogP contribution in [0.25, 0.3) is 10.9 Å². The molecule has 128 valence electrons. The van der Waals surface area contributed by atoms with Gasteiger partial charge >= 0.3 is 5.97 Å². The van der Waals surface area contributed by atoms with E-state index in [1.54, 1.807) is 4.68 Å². The Hall–Kier alpha value is -3.09. The van der Waals surface area contributed by atoms with Gasteiger partial charge in [-0.1, -0.05) is 12.1 Å². The van der Waals surface area contributed by atoms with Gasteiger partial charge in [-0.2, -0.15) is 5.10 Å². The summed E-state index contributed by atoms with van der Waals surface area (Å²) in [5, 5.41) is 14.2. The third kappa shape index (κ3) is 2.77. The summed E-state index contributed by atoms with van der Waals surface area (Å²) in [4.78, 5) is 29.0. The average molecular weight is 338 g/mol. The van der Waals surface area contributed by atoms with Gasteiger partial charge in [0.1, 0.15) is 0 Å². The van der Waals surface area contributed by atoms with Gasteiger partial charge in [0, 0.05) is 30.9 Å². The zero-order chi connectivity index (χ0) is 17.4. The lowest BCUT2D eigenvalue weighted by molar-refractivity contribution is 0.0667. The molecule has 1 amide bonds. The molecule has 1 aliphatic heterocycles. The first-order chi connectivity index (χ1) is 12.1. The molecule has 0 radical (unpaired) electrons. The lowest BCUT2D eigenvalue weighted by Gasteiger charge is -2.33. The second-order valence-corrected chi connectivity index (χ2v) is 6.31. The predicted octanol–water partition coefficient (Wildman–Crippen LogP) is 2.54. The molecule has 0 spiro atoms. The van der Waals surface area contributed by atoms with Crippen LogP contribution >= 0.6 is 0 Å². The number of amides is 1. The normalized spacial score (nSPS) is 17.8. The molecule has 4 rings (SSSR count). The minimum absolute atomic E-state index is 0.00588. The Morgan fingerprint density at radius 3 is 2.96 bits per heavy atom. The quantitative estimate of drug-likeness (QED) is 0.768. The smallest absolute Gasteiger partial charge is 0.338 e. The van der Waals surface area contributed by atoms with Crippen LogP contribution in [0.5, 0.6) is 0 Å². The topological polar surface area (TPSA) is 91.2 Å². The van der Waals surface area contributed by atoms with Crippen LogP contribution in [0.4, 0.5) is 0 Å². The molecule has 0 bridgehead atoms. The summed E-state index contributed by atoms with van der Waals surface area (Å²) >= 11 is 0. The Morgan fingerprint density at radius 2 is 2.16 bits per heavy atom. The fourth-order valence-electron chi connectivity index (χ4n) is 3.44. The van der Waals surface area contributed by atoms with E-state index < -0.39 is 5.97 Å². The summed E-state index contributed by atoms with van der Waals surface area (Å²) in [7, 11) is 0. The van der Waals surface area contributed by atoms with E-state index in [1.807, 2.05) is 35.4 Å². The number of fused-ring (bicyclic) bond motifs is 1. The highest BCUT2D eigenvalue weighted by molar-refractivity contribution is 6.05. The van der Waals surface area contributed by atoms with Crippen LogP contribution in [0.3, 0.4) is 0 Å². The van der Waals surface area contributed by atoms with E-state index in [0.29, 0.717) is 18.7 Å². The van der Waals surface area contributed by atoms with E-state index in [0.717, 1.165) is 23.7 Å². The van der Waals surface area contributed by atoms with Crippen LogP contribution < -0.4 is 0 Å². The molecule has 2 aromatic heterocycles. The summed E-state index contributed by atoms with van der Waals surface area (Å²) in [6.07, 6.45) is 6.45. The van der Waals surface area contributed by atoms with E-state index in [-0.39, 0.29) is 17.5 Å². The molecule has 2 N–H and O–H groups in total. The fourth-order valence-corrected chi connectivity index (χ4v) is 3.44. The van der Waals surface area contributed by atoms with Gasteiger partial charge in [-0.15, -0.1) is 0 Å². The molecular formula is C18H18N4O3. The number of rotatable bonds is 3. The number of aromatic nitrogens is 3. The summed E-state index contributed by atoms with van der Waals surface area (Å²) < 4.78 is 1.66. The molecule has 3 heterocycles. The van der Waals surface area contributed by atoms with Gasteiger partial charge in [-0.25, -0.2) is 4.79 Å². The highest BCUT2D eigenvalue weighted by Gasteiger charge is 2.27. The number of H-pyrrole nitrogens is 1. The van der Waals surface area contributed by atoms with Gasteiger partial charge < -0.3 is 15.0 Å². The summed E-state index contributed by atoms with van der Waals surface area (Å²) in [5.74, 6) is -1.00. The number of carboxylic acid groups (broad SMARTS) is 1. The number of carboxylic acids is 1. The van der Waals surface area contributed by atoms with Gasteiger partial charge in [-0.05, 0) is 25.0 Å². The molecule has 3 aromatic rings. The standard InChI is InChI=1S/C18H18N4O3/c23-17(15-5-1-3-12-6-7-19-16(12)15)21-8-2-4-14(11-21)22-10-13(9-20-22)18(24)25/h1,3,5-7,9-10,14,19H,2,4,8,11H2,(H,24,25). The molecule has 1 aromatic carbocycles. The highest BCUT2D eigenvalue weighted by Crippen LogP contribution is 2.25. The van der Waals surface area contributed by atoms with Gasteiger partial charge in [0.15, 0.2) is 0 Å². The Morgan fingerprint density at radius 1 is 1.28 bits per heavy atom. The lowest BCUT2D eigenvalue weighted by Crippen LogP contribution is -2.41. The average Bonchev–Trinajstić information content (AvgIpc) is 3.30. The molecule has 1 fully saturated rings. The van der Waals surface area contributed by atoms with Crippen molar-refractivity contribution >= 4 is 22.8 Å². The van der Waals surface area contributed by atoms with E-state index in [4.69, 9.17) is 5.11 Å². The third-order valence-electron chi connectivity index (χ3n) is 4.72. The van der Waals surface area contributed by atoms with Crippen LogP contribution in [-0.2, 0) is 0 Å². The first kappa shape index (κ1) is 15.4. The molecule has 1 saturated heterocycles. The lowest BCUT2D eigenvalue weighted by atomic mass is 10.0. The van der Waals surface area contributed by atoms with E-state index in [2.05, 4.69) is 10.1 Å². The van der Waals surface area contributed by atoms with Crippen molar-refractivity contribution in [1.29, 1.82) is 0 Å². The van der Waals surface area contributed by atoms with Gasteiger partial charge in [0.25, 0.3) is 5.91 Å². The third-order valence-corrected chi connectivity index (χ3v) is 4.72. The molecule has 7 nitrogen and oxygen atoms in total.